The molecule has 0 radical (unpaired) electrons. The third-order valence-electron chi connectivity index (χ3n) is 3.37. The Morgan fingerprint density at radius 1 is 1.42 bits per heavy atom. The molecule has 0 heterocycles. The molecule has 0 amide bonds. The van der Waals surface area contributed by atoms with Gasteiger partial charge >= 0.3 is 0 Å². The van der Waals surface area contributed by atoms with Crippen LogP contribution in [0.5, 0.6) is 0 Å². The third-order valence-corrected chi connectivity index (χ3v) is 4.86. The number of sulfonamides is 1. The van der Waals surface area contributed by atoms with Crippen LogP contribution < -0.4 is 15.8 Å². The average molecular weight is 285 g/mol. The van der Waals surface area contributed by atoms with Gasteiger partial charge in [0, 0.05) is 12.2 Å². The molecular weight excluding hydrogens is 266 g/mol. The fourth-order valence-corrected chi connectivity index (χ4v) is 2.98. The second-order valence-corrected chi connectivity index (χ2v) is 6.69. The molecule has 0 aliphatic heterocycles. The zero-order valence-electron chi connectivity index (χ0n) is 10.8. The normalized spacial score (nSPS) is 22.8. The Bertz CT molecular complexity index is 553. The van der Waals surface area contributed by atoms with Crippen LogP contribution in [-0.4, -0.2) is 33.2 Å². The maximum Gasteiger partial charge on any atom is 0.242 e. The first kappa shape index (κ1) is 14.1. The average Bonchev–Trinajstić information content (AvgIpc) is 2.33. The minimum atomic E-state index is -3.51. The molecule has 0 aromatic heterocycles. The van der Waals surface area contributed by atoms with Crippen molar-refractivity contribution in [2.24, 2.45) is 5.92 Å². The van der Waals surface area contributed by atoms with Crippen molar-refractivity contribution in [2.75, 3.05) is 24.6 Å². The van der Waals surface area contributed by atoms with Crippen LogP contribution in [0.15, 0.2) is 23.1 Å². The summed E-state index contributed by atoms with van der Waals surface area (Å²) >= 11 is 0. The second kappa shape index (κ2) is 5.36. The fourth-order valence-electron chi connectivity index (χ4n) is 2.14. The molecule has 1 aromatic rings. The summed E-state index contributed by atoms with van der Waals surface area (Å²) in [4.78, 5) is 0.0830. The summed E-state index contributed by atoms with van der Waals surface area (Å²) < 4.78 is 25.5. The van der Waals surface area contributed by atoms with Gasteiger partial charge in [-0.1, -0.05) is 0 Å². The van der Waals surface area contributed by atoms with E-state index in [9.17, 15) is 13.5 Å². The number of nitrogens with two attached hydrogens (primary N) is 1. The predicted octanol–water partition coefficient (Wildman–Crippen LogP) is 0.360. The van der Waals surface area contributed by atoms with Crippen LogP contribution >= 0.6 is 0 Å². The summed E-state index contributed by atoms with van der Waals surface area (Å²) in [5, 5.41) is 12.4. The van der Waals surface area contributed by atoms with Gasteiger partial charge in [-0.15, -0.1) is 0 Å². The summed E-state index contributed by atoms with van der Waals surface area (Å²) in [6, 6.07) is 4.79. The monoisotopic (exact) mass is 285 g/mol. The Kier molecular flexibility index (Phi) is 3.98. The van der Waals surface area contributed by atoms with Gasteiger partial charge in [-0.05, 0) is 44.0 Å². The molecule has 19 heavy (non-hydrogen) atoms. The van der Waals surface area contributed by atoms with Crippen LogP contribution in [0.2, 0.25) is 0 Å². The highest BCUT2D eigenvalue weighted by Crippen LogP contribution is 2.28. The van der Waals surface area contributed by atoms with E-state index in [1.165, 1.54) is 13.1 Å². The largest absolute Gasteiger partial charge is 0.398 e. The molecule has 0 atom stereocenters. The lowest BCUT2D eigenvalue weighted by Gasteiger charge is -2.31. The number of rotatable bonds is 5. The summed E-state index contributed by atoms with van der Waals surface area (Å²) in [5.41, 5.74) is 6.76. The quantitative estimate of drug-likeness (QED) is 0.585. The Hall–Kier alpha value is -1.31. The van der Waals surface area contributed by atoms with Gasteiger partial charge in [0.25, 0.3) is 0 Å². The topological polar surface area (TPSA) is 104 Å². The number of anilines is 2. The molecule has 106 valence electrons. The number of aliphatic hydroxyl groups is 1. The van der Waals surface area contributed by atoms with E-state index in [0.29, 0.717) is 5.92 Å². The van der Waals surface area contributed by atoms with Crippen LogP contribution in [0.3, 0.4) is 0 Å². The molecule has 7 heteroatoms. The van der Waals surface area contributed by atoms with Gasteiger partial charge in [-0.3, -0.25) is 0 Å². The zero-order chi connectivity index (χ0) is 14.0. The van der Waals surface area contributed by atoms with Crippen LogP contribution in [0.1, 0.15) is 12.8 Å². The molecule has 1 aliphatic carbocycles. The van der Waals surface area contributed by atoms with Gasteiger partial charge in [-0.2, -0.15) is 0 Å². The van der Waals surface area contributed by atoms with E-state index in [0.717, 1.165) is 25.1 Å². The van der Waals surface area contributed by atoms with E-state index in [-0.39, 0.29) is 16.7 Å². The lowest BCUT2D eigenvalue weighted by molar-refractivity contribution is 0.0487. The van der Waals surface area contributed by atoms with Crippen molar-refractivity contribution in [3.05, 3.63) is 18.2 Å². The number of nitrogen functional groups attached to an aromatic ring is 1. The minimum Gasteiger partial charge on any atom is -0.398 e. The fraction of sp³-hybridized carbons (Fsp3) is 0.500. The Balaban J connectivity index is 2.03. The number of nitrogens with one attached hydrogen (secondary N) is 2. The molecule has 2 rings (SSSR count). The molecule has 6 nitrogen and oxygen atoms in total. The summed E-state index contributed by atoms with van der Waals surface area (Å²) in [5.74, 6) is 0.469. The lowest BCUT2D eigenvalue weighted by Crippen LogP contribution is -2.33. The van der Waals surface area contributed by atoms with Gasteiger partial charge in [-0.25, -0.2) is 13.1 Å². The summed E-state index contributed by atoms with van der Waals surface area (Å²) in [6.07, 6.45) is 1.46. The Labute approximate surface area is 113 Å². The van der Waals surface area contributed by atoms with E-state index in [4.69, 9.17) is 5.73 Å². The number of benzene rings is 1. The maximum atomic E-state index is 11.7. The number of hydrogen-bond donors (Lipinski definition) is 4. The van der Waals surface area contributed by atoms with Gasteiger partial charge < -0.3 is 16.2 Å². The molecule has 0 unspecified atom stereocenters. The highest BCUT2D eigenvalue weighted by Gasteiger charge is 2.26. The highest BCUT2D eigenvalue weighted by molar-refractivity contribution is 7.89. The van der Waals surface area contributed by atoms with Crippen LogP contribution in [0, 0.1) is 5.92 Å². The standard InChI is InChI=1S/C12H19N3O3S/c1-14-19(17,18)12-3-2-9(6-11(12)13)15-7-8-4-10(16)5-8/h2-3,6,8,10,14-16H,4-5,7,13H2,1H3. The van der Waals surface area contributed by atoms with E-state index < -0.39 is 10.0 Å². The van der Waals surface area contributed by atoms with Crippen molar-refractivity contribution in [2.45, 2.75) is 23.8 Å². The third kappa shape index (κ3) is 3.17. The van der Waals surface area contributed by atoms with Crippen molar-refractivity contribution in [1.29, 1.82) is 0 Å². The smallest absolute Gasteiger partial charge is 0.242 e. The SMILES string of the molecule is CNS(=O)(=O)c1ccc(NCC2CC(O)C2)cc1N. The summed E-state index contributed by atoms with van der Waals surface area (Å²) in [7, 11) is -2.16. The first-order chi connectivity index (χ1) is 8.92. The highest BCUT2D eigenvalue weighted by atomic mass is 32.2. The molecule has 0 saturated heterocycles. The maximum absolute atomic E-state index is 11.7. The first-order valence-corrected chi connectivity index (χ1v) is 7.65. The van der Waals surface area contributed by atoms with Crippen LogP contribution in [0.25, 0.3) is 0 Å². The van der Waals surface area contributed by atoms with Gasteiger partial charge in [0.05, 0.1) is 11.8 Å². The molecule has 1 aromatic carbocycles. The molecule has 1 fully saturated rings. The molecular formula is C12H19N3O3S. The van der Waals surface area contributed by atoms with Crippen LogP contribution in [0.4, 0.5) is 11.4 Å². The summed E-state index contributed by atoms with van der Waals surface area (Å²) in [6.45, 7) is 0.759. The van der Waals surface area contributed by atoms with Crippen molar-refractivity contribution in [3.63, 3.8) is 0 Å². The second-order valence-electron chi connectivity index (χ2n) is 4.83. The van der Waals surface area contributed by atoms with E-state index >= 15 is 0 Å². The Morgan fingerprint density at radius 3 is 2.63 bits per heavy atom. The van der Waals surface area contributed by atoms with E-state index in [1.54, 1.807) is 12.1 Å². The molecule has 5 N–H and O–H groups in total. The predicted molar refractivity (Wildman–Crippen MR) is 74.3 cm³/mol. The zero-order valence-corrected chi connectivity index (χ0v) is 11.6. The van der Waals surface area contributed by atoms with Crippen molar-refractivity contribution >= 4 is 21.4 Å². The van der Waals surface area contributed by atoms with Gasteiger partial charge in [0.15, 0.2) is 0 Å². The number of aliphatic hydroxyl groups excluding tert-OH is 1. The molecule has 0 spiro atoms. The number of hydrogen-bond acceptors (Lipinski definition) is 5. The van der Waals surface area contributed by atoms with Crippen molar-refractivity contribution < 1.29 is 13.5 Å². The van der Waals surface area contributed by atoms with Crippen molar-refractivity contribution in [1.82, 2.24) is 4.72 Å². The lowest BCUT2D eigenvalue weighted by atomic mass is 9.82. The Morgan fingerprint density at radius 2 is 2.11 bits per heavy atom. The molecule has 0 bridgehead atoms. The molecule has 1 aliphatic rings. The molecule has 1 saturated carbocycles. The minimum absolute atomic E-state index is 0.0830. The van der Waals surface area contributed by atoms with Gasteiger partial charge in [0.1, 0.15) is 4.90 Å². The first-order valence-electron chi connectivity index (χ1n) is 6.17. The van der Waals surface area contributed by atoms with E-state index in [1.807, 2.05) is 0 Å². The van der Waals surface area contributed by atoms with E-state index in [2.05, 4.69) is 10.0 Å². The van der Waals surface area contributed by atoms with Crippen LogP contribution in [-0.2, 0) is 10.0 Å². The van der Waals surface area contributed by atoms with Gasteiger partial charge in [0.2, 0.25) is 10.0 Å². The van der Waals surface area contributed by atoms with Crippen molar-refractivity contribution in [3.8, 4) is 0 Å².